The maximum atomic E-state index is 12.6. The van der Waals surface area contributed by atoms with Crippen LogP contribution >= 0.6 is 0 Å². The first-order chi connectivity index (χ1) is 13.6. The van der Waals surface area contributed by atoms with Crippen LogP contribution in [0.4, 0.5) is 5.82 Å². The van der Waals surface area contributed by atoms with Crippen molar-refractivity contribution in [3.63, 3.8) is 0 Å². The first kappa shape index (κ1) is 19.0. The summed E-state index contributed by atoms with van der Waals surface area (Å²) < 4.78 is 7.14. The van der Waals surface area contributed by atoms with E-state index in [-0.39, 0.29) is 5.91 Å². The predicted molar refractivity (Wildman–Crippen MR) is 110 cm³/mol. The van der Waals surface area contributed by atoms with E-state index in [1.807, 2.05) is 10.7 Å². The number of ether oxygens (including phenoxy) is 1. The van der Waals surface area contributed by atoms with Crippen LogP contribution in [-0.2, 0) is 0 Å². The zero-order valence-corrected chi connectivity index (χ0v) is 16.8. The van der Waals surface area contributed by atoms with Crippen LogP contribution in [0.15, 0.2) is 36.5 Å². The van der Waals surface area contributed by atoms with Gasteiger partial charge < -0.3 is 15.0 Å². The lowest BCUT2D eigenvalue weighted by atomic mass is 10.0. The van der Waals surface area contributed by atoms with Crippen molar-refractivity contribution < 1.29 is 9.53 Å². The third kappa shape index (κ3) is 4.38. The standard InChI is InChI=1S/C22H30N4O2/c1-16(15-17-3-4-17)25-13-10-19(11-14-25)26-21(9-12-23-26)24-22(27)18-5-7-20(28-2)8-6-18/h5-9,12,16-17,19H,3-4,10-11,13-15H2,1-2H3,(H,24,27)/t16-/m1/s1. The maximum absolute atomic E-state index is 12.6. The molecule has 1 amide bonds. The highest BCUT2D eigenvalue weighted by molar-refractivity contribution is 6.03. The second kappa shape index (κ2) is 8.35. The Bertz CT molecular complexity index is 789. The summed E-state index contributed by atoms with van der Waals surface area (Å²) in [5, 5.41) is 7.52. The van der Waals surface area contributed by atoms with E-state index in [2.05, 4.69) is 22.2 Å². The summed E-state index contributed by atoms with van der Waals surface area (Å²) >= 11 is 0. The molecule has 4 rings (SSSR count). The molecule has 1 saturated carbocycles. The van der Waals surface area contributed by atoms with Gasteiger partial charge in [-0.15, -0.1) is 0 Å². The highest BCUT2D eigenvalue weighted by atomic mass is 16.5. The second-order valence-electron chi connectivity index (χ2n) is 8.14. The van der Waals surface area contributed by atoms with Crippen molar-refractivity contribution in [2.75, 3.05) is 25.5 Å². The number of piperidine rings is 1. The van der Waals surface area contributed by atoms with Crippen LogP contribution in [0.5, 0.6) is 5.75 Å². The number of benzene rings is 1. The van der Waals surface area contributed by atoms with Gasteiger partial charge in [-0.2, -0.15) is 5.10 Å². The molecule has 2 aliphatic rings. The molecular formula is C22H30N4O2. The molecule has 1 N–H and O–H groups in total. The number of aromatic nitrogens is 2. The third-order valence-electron chi connectivity index (χ3n) is 6.10. The molecule has 1 atom stereocenters. The van der Waals surface area contributed by atoms with Crippen molar-refractivity contribution in [3.8, 4) is 5.75 Å². The molecule has 2 fully saturated rings. The molecule has 1 saturated heterocycles. The molecule has 6 nitrogen and oxygen atoms in total. The van der Waals surface area contributed by atoms with Gasteiger partial charge in [-0.1, -0.05) is 12.8 Å². The fraction of sp³-hybridized carbons (Fsp3) is 0.545. The number of methoxy groups -OCH3 is 1. The quantitative estimate of drug-likeness (QED) is 0.787. The molecule has 28 heavy (non-hydrogen) atoms. The second-order valence-corrected chi connectivity index (χ2v) is 8.14. The Morgan fingerprint density at radius 1 is 1.18 bits per heavy atom. The van der Waals surface area contributed by atoms with Crippen LogP contribution in [0.25, 0.3) is 0 Å². The largest absolute Gasteiger partial charge is 0.497 e. The van der Waals surface area contributed by atoms with Crippen LogP contribution in [0.3, 0.4) is 0 Å². The van der Waals surface area contributed by atoms with Gasteiger partial charge in [0.05, 0.1) is 19.3 Å². The van der Waals surface area contributed by atoms with Crippen LogP contribution < -0.4 is 10.1 Å². The molecular weight excluding hydrogens is 352 g/mol. The van der Waals surface area contributed by atoms with Gasteiger partial charge in [-0.25, -0.2) is 4.68 Å². The van der Waals surface area contributed by atoms with Crippen molar-refractivity contribution in [2.24, 2.45) is 5.92 Å². The first-order valence-corrected chi connectivity index (χ1v) is 10.4. The van der Waals surface area contributed by atoms with E-state index < -0.39 is 0 Å². The molecule has 0 spiro atoms. The van der Waals surface area contributed by atoms with E-state index in [1.165, 1.54) is 19.3 Å². The Kier molecular flexibility index (Phi) is 5.67. The normalized spacial score (nSPS) is 19.4. The molecule has 0 bridgehead atoms. The molecule has 1 aromatic heterocycles. The van der Waals surface area contributed by atoms with Crippen molar-refractivity contribution in [1.82, 2.24) is 14.7 Å². The number of amides is 1. The van der Waals surface area contributed by atoms with Gasteiger partial charge in [0.15, 0.2) is 0 Å². The SMILES string of the molecule is COc1ccc(C(=O)Nc2ccnn2C2CCN([C@H](C)CC3CC3)CC2)cc1. The molecule has 150 valence electrons. The van der Waals surface area contributed by atoms with Crippen LogP contribution in [0.1, 0.15) is 55.4 Å². The Morgan fingerprint density at radius 3 is 2.54 bits per heavy atom. The number of carbonyl (C=O) groups excluding carboxylic acids is 1. The summed E-state index contributed by atoms with van der Waals surface area (Å²) in [6.07, 6.45) is 8.10. The van der Waals surface area contributed by atoms with E-state index >= 15 is 0 Å². The Balaban J connectivity index is 1.35. The van der Waals surface area contributed by atoms with E-state index in [9.17, 15) is 4.79 Å². The van der Waals surface area contributed by atoms with E-state index in [4.69, 9.17) is 4.74 Å². The lowest BCUT2D eigenvalue weighted by Crippen LogP contribution is -2.41. The third-order valence-corrected chi connectivity index (χ3v) is 6.10. The average Bonchev–Trinajstić information content (AvgIpc) is 3.43. The molecule has 1 aromatic carbocycles. The van der Waals surface area contributed by atoms with Gasteiger partial charge in [-0.05, 0) is 56.4 Å². The highest BCUT2D eigenvalue weighted by Crippen LogP contribution is 2.35. The smallest absolute Gasteiger partial charge is 0.256 e. The zero-order valence-electron chi connectivity index (χ0n) is 16.8. The summed E-state index contributed by atoms with van der Waals surface area (Å²) in [7, 11) is 1.62. The van der Waals surface area contributed by atoms with E-state index in [0.717, 1.165) is 43.4 Å². The van der Waals surface area contributed by atoms with Crippen LogP contribution in [0.2, 0.25) is 0 Å². The number of likely N-dealkylation sites (tertiary alicyclic amines) is 1. The number of carbonyl (C=O) groups is 1. The first-order valence-electron chi connectivity index (χ1n) is 10.4. The average molecular weight is 383 g/mol. The van der Waals surface area contributed by atoms with Crippen molar-refractivity contribution in [2.45, 2.75) is 51.1 Å². The summed E-state index contributed by atoms with van der Waals surface area (Å²) in [6, 6.07) is 10.0. The molecule has 0 unspecified atom stereocenters. The number of rotatable bonds is 7. The molecule has 1 aliphatic carbocycles. The van der Waals surface area contributed by atoms with E-state index in [0.29, 0.717) is 17.6 Å². The Labute approximate surface area is 166 Å². The van der Waals surface area contributed by atoms with Gasteiger partial charge in [0.2, 0.25) is 0 Å². The topological polar surface area (TPSA) is 59.4 Å². The van der Waals surface area contributed by atoms with Gasteiger partial charge in [0, 0.05) is 30.8 Å². The van der Waals surface area contributed by atoms with Gasteiger partial charge >= 0.3 is 0 Å². The molecule has 1 aliphatic heterocycles. The predicted octanol–water partition coefficient (Wildman–Crippen LogP) is 3.97. The highest BCUT2D eigenvalue weighted by Gasteiger charge is 2.29. The van der Waals surface area contributed by atoms with E-state index in [1.54, 1.807) is 37.6 Å². The zero-order chi connectivity index (χ0) is 19.5. The summed E-state index contributed by atoms with van der Waals surface area (Å²) in [4.78, 5) is 15.2. The number of hydrogen-bond acceptors (Lipinski definition) is 4. The maximum Gasteiger partial charge on any atom is 0.256 e. The van der Waals surface area contributed by atoms with Gasteiger partial charge in [0.25, 0.3) is 5.91 Å². The molecule has 0 radical (unpaired) electrons. The number of nitrogens with one attached hydrogen (secondary N) is 1. The minimum Gasteiger partial charge on any atom is -0.497 e. The van der Waals surface area contributed by atoms with Crippen LogP contribution in [-0.4, -0.2) is 46.8 Å². The van der Waals surface area contributed by atoms with Gasteiger partial charge in [-0.3, -0.25) is 4.79 Å². The van der Waals surface area contributed by atoms with Gasteiger partial charge in [0.1, 0.15) is 11.6 Å². The lowest BCUT2D eigenvalue weighted by molar-refractivity contribution is 0.102. The Hall–Kier alpha value is -2.34. The monoisotopic (exact) mass is 382 g/mol. The van der Waals surface area contributed by atoms with Crippen LogP contribution in [0, 0.1) is 5.92 Å². The lowest BCUT2D eigenvalue weighted by Gasteiger charge is -2.36. The Morgan fingerprint density at radius 2 is 1.89 bits per heavy atom. The fourth-order valence-electron chi connectivity index (χ4n) is 4.19. The summed E-state index contributed by atoms with van der Waals surface area (Å²) in [5.41, 5.74) is 0.609. The number of hydrogen-bond donors (Lipinski definition) is 1. The summed E-state index contributed by atoms with van der Waals surface area (Å²) in [6.45, 7) is 4.57. The number of anilines is 1. The molecule has 2 heterocycles. The summed E-state index contributed by atoms with van der Waals surface area (Å²) in [5.74, 6) is 2.35. The van der Waals surface area contributed by atoms with Crippen molar-refractivity contribution >= 4 is 11.7 Å². The van der Waals surface area contributed by atoms with Crippen molar-refractivity contribution in [3.05, 3.63) is 42.1 Å². The van der Waals surface area contributed by atoms with Crippen molar-refractivity contribution in [1.29, 1.82) is 0 Å². The molecule has 2 aromatic rings. The fourth-order valence-corrected chi connectivity index (χ4v) is 4.19. The minimum atomic E-state index is -0.125. The molecule has 6 heteroatoms. The number of nitrogens with zero attached hydrogens (tertiary/aromatic N) is 3. The minimum absolute atomic E-state index is 0.125.